The summed E-state index contributed by atoms with van der Waals surface area (Å²) in [6.07, 6.45) is 1.64. The van der Waals surface area contributed by atoms with Crippen molar-refractivity contribution in [3.8, 4) is 5.69 Å². The number of piperidine rings is 1. The zero-order valence-electron chi connectivity index (χ0n) is 12.8. The fourth-order valence-electron chi connectivity index (χ4n) is 3.03. The van der Waals surface area contributed by atoms with Gasteiger partial charge in [0.1, 0.15) is 0 Å². The van der Waals surface area contributed by atoms with Crippen molar-refractivity contribution in [3.63, 3.8) is 0 Å². The van der Waals surface area contributed by atoms with Gasteiger partial charge < -0.3 is 5.11 Å². The van der Waals surface area contributed by atoms with Gasteiger partial charge in [-0.1, -0.05) is 18.2 Å². The molecule has 4 nitrogen and oxygen atoms in total. The summed E-state index contributed by atoms with van der Waals surface area (Å²) in [6, 6.07) is 10.3. The smallest absolute Gasteiger partial charge is 0.0648 e. The van der Waals surface area contributed by atoms with E-state index in [4.69, 9.17) is 5.10 Å². The Bertz CT molecular complexity index is 598. The summed E-state index contributed by atoms with van der Waals surface area (Å²) in [5.41, 5.74) is 4.74. The molecule has 2 aromatic rings. The van der Waals surface area contributed by atoms with Crippen molar-refractivity contribution >= 4 is 0 Å². The van der Waals surface area contributed by atoms with Crippen LogP contribution in [-0.2, 0) is 6.54 Å². The van der Waals surface area contributed by atoms with Gasteiger partial charge >= 0.3 is 0 Å². The van der Waals surface area contributed by atoms with Crippen molar-refractivity contribution in [2.24, 2.45) is 0 Å². The van der Waals surface area contributed by atoms with Crippen molar-refractivity contribution in [3.05, 3.63) is 47.3 Å². The van der Waals surface area contributed by atoms with Gasteiger partial charge in [0.2, 0.25) is 0 Å². The van der Waals surface area contributed by atoms with Crippen LogP contribution in [0, 0.1) is 13.8 Å². The maximum Gasteiger partial charge on any atom is 0.0648 e. The number of aliphatic hydroxyl groups excluding tert-OH is 1. The van der Waals surface area contributed by atoms with E-state index in [1.807, 2.05) is 22.9 Å². The fourth-order valence-corrected chi connectivity index (χ4v) is 3.03. The highest BCUT2D eigenvalue weighted by Gasteiger charge is 2.20. The quantitative estimate of drug-likeness (QED) is 0.942. The standard InChI is InChI=1S/C17H23N3O/c1-13-17(12-19-10-8-16(21)9-11-19)14(2)20(18-13)15-6-4-3-5-7-15/h3-7,16,21H,8-12H2,1-2H3. The van der Waals surface area contributed by atoms with Gasteiger partial charge in [0.25, 0.3) is 0 Å². The molecule has 0 spiro atoms. The molecule has 1 fully saturated rings. The number of hydrogen-bond acceptors (Lipinski definition) is 3. The van der Waals surface area contributed by atoms with Gasteiger partial charge in [0, 0.05) is 30.9 Å². The summed E-state index contributed by atoms with van der Waals surface area (Å²) >= 11 is 0. The second kappa shape index (κ2) is 6.00. The number of aliphatic hydroxyl groups is 1. The van der Waals surface area contributed by atoms with Crippen molar-refractivity contribution in [1.82, 2.24) is 14.7 Å². The van der Waals surface area contributed by atoms with E-state index in [1.165, 1.54) is 11.3 Å². The molecule has 1 aromatic heterocycles. The molecule has 0 bridgehead atoms. The van der Waals surface area contributed by atoms with E-state index in [0.717, 1.165) is 43.9 Å². The van der Waals surface area contributed by atoms with Crippen molar-refractivity contribution in [2.45, 2.75) is 39.3 Å². The molecular formula is C17H23N3O. The van der Waals surface area contributed by atoms with Crippen LogP contribution < -0.4 is 0 Å². The lowest BCUT2D eigenvalue weighted by molar-refractivity contribution is 0.0791. The summed E-state index contributed by atoms with van der Waals surface area (Å²) in [5.74, 6) is 0. The van der Waals surface area contributed by atoms with Gasteiger partial charge in [-0.25, -0.2) is 4.68 Å². The fraction of sp³-hybridized carbons (Fsp3) is 0.471. The van der Waals surface area contributed by atoms with Crippen LogP contribution in [-0.4, -0.2) is 39.0 Å². The molecule has 2 heterocycles. The van der Waals surface area contributed by atoms with Crippen LogP contribution in [0.4, 0.5) is 0 Å². The highest BCUT2D eigenvalue weighted by atomic mass is 16.3. The molecule has 4 heteroatoms. The number of aryl methyl sites for hydroxylation is 1. The summed E-state index contributed by atoms with van der Waals surface area (Å²) in [4.78, 5) is 2.42. The summed E-state index contributed by atoms with van der Waals surface area (Å²) in [5, 5.41) is 14.3. The second-order valence-electron chi connectivity index (χ2n) is 5.90. The number of likely N-dealkylation sites (tertiary alicyclic amines) is 1. The molecule has 3 rings (SSSR count). The average Bonchev–Trinajstić information content (AvgIpc) is 2.78. The summed E-state index contributed by atoms with van der Waals surface area (Å²) in [6.45, 7) is 7.09. The molecule has 21 heavy (non-hydrogen) atoms. The van der Waals surface area contributed by atoms with E-state index in [-0.39, 0.29) is 6.10 Å². The first kappa shape index (κ1) is 14.3. The molecule has 0 radical (unpaired) electrons. The molecule has 1 saturated heterocycles. The Labute approximate surface area is 126 Å². The molecule has 0 amide bonds. The summed E-state index contributed by atoms with van der Waals surface area (Å²) < 4.78 is 2.03. The van der Waals surface area contributed by atoms with Crippen LogP contribution in [0.1, 0.15) is 29.8 Å². The lowest BCUT2D eigenvalue weighted by Crippen LogP contribution is -2.35. The highest BCUT2D eigenvalue weighted by molar-refractivity contribution is 5.36. The van der Waals surface area contributed by atoms with Crippen molar-refractivity contribution in [2.75, 3.05) is 13.1 Å². The van der Waals surface area contributed by atoms with E-state index >= 15 is 0 Å². The third-order valence-corrected chi connectivity index (χ3v) is 4.38. The van der Waals surface area contributed by atoms with E-state index in [0.29, 0.717) is 0 Å². The maximum absolute atomic E-state index is 9.61. The van der Waals surface area contributed by atoms with E-state index in [1.54, 1.807) is 0 Å². The first-order chi connectivity index (χ1) is 10.1. The molecule has 1 aliphatic rings. The molecule has 1 aliphatic heterocycles. The number of hydrogen-bond donors (Lipinski definition) is 1. The number of rotatable bonds is 3. The lowest BCUT2D eigenvalue weighted by atomic mass is 10.1. The number of benzene rings is 1. The minimum absolute atomic E-state index is 0.115. The van der Waals surface area contributed by atoms with Gasteiger partial charge in [-0.15, -0.1) is 0 Å². The first-order valence-corrected chi connectivity index (χ1v) is 7.66. The predicted molar refractivity (Wildman–Crippen MR) is 83.6 cm³/mol. The predicted octanol–water partition coefficient (Wildman–Crippen LogP) is 2.45. The Kier molecular flexibility index (Phi) is 4.08. The topological polar surface area (TPSA) is 41.3 Å². The molecule has 112 valence electrons. The monoisotopic (exact) mass is 285 g/mol. The van der Waals surface area contributed by atoms with Gasteiger partial charge in [-0.3, -0.25) is 4.90 Å². The van der Waals surface area contributed by atoms with Crippen LogP contribution in [0.15, 0.2) is 30.3 Å². The van der Waals surface area contributed by atoms with Gasteiger partial charge in [-0.2, -0.15) is 5.10 Å². The van der Waals surface area contributed by atoms with Crippen molar-refractivity contribution < 1.29 is 5.11 Å². The molecule has 1 N–H and O–H groups in total. The van der Waals surface area contributed by atoms with Gasteiger partial charge in [0.05, 0.1) is 17.5 Å². The molecule has 0 saturated carbocycles. The molecular weight excluding hydrogens is 262 g/mol. The Morgan fingerprint density at radius 2 is 1.81 bits per heavy atom. The zero-order chi connectivity index (χ0) is 14.8. The van der Waals surface area contributed by atoms with Crippen LogP contribution in [0.25, 0.3) is 5.69 Å². The third-order valence-electron chi connectivity index (χ3n) is 4.38. The van der Waals surface area contributed by atoms with E-state index < -0.39 is 0 Å². The molecule has 1 aromatic carbocycles. The molecule has 0 unspecified atom stereocenters. The third kappa shape index (κ3) is 3.01. The first-order valence-electron chi connectivity index (χ1n) is 7.66. The van der Waals surface area contributed by atoms with Crippen molar-refractivity contribution in [1.29, 1.82) is 0 Å². The van der Waals surface area contributed by atoms with Crippen LogP contribution in [0.2, 0.25) is 0 Å². The Balaban J connectivity index is 1.82. The number of nitrogens with zero attached hydrogens (tertiary/aromatic N) is 3. The van der Waals surface area contributed by atoms with Crippen LogP contribution in [0.5, 0.6) is 0 Å². The number of para-hydroxylation sites is 1. The van der Waals surface area contributed by atoms with Crippen LogP contribution in [0.3, 0.4) is 0 Å². The molecule has 0 aliphatic carbocycles. The van der Waals surface area contributed by atoms with Gasteiger partial charge in [0.15, 0.2) is 0 Å². The highest BCUT2D eigenvalue weighted by Crippen LogP contribution is 2.21. The minimum atomic E-state index is -0.115. The molecule has 0 atom stereocenters. The minimum Gasteiger partial charge on any atom is -0.393 e. The summed E-state index contributed by atoms with van der Waals surface area (Å²) in [7, 11) is 0. The number of aromatic nitrogens is 2. The van der Waals surface area contributed by atoms with Gasteiger partial charge in [-0.05, 0) is 38.8 Å². The van der Waals surface area contributed by atoms with Crippen LogP contribution >= 0.6 is 0 Å². The Hall–Kier alpha value is -1.65. The largest absolute Gasteiger partial charge is 0.393 e. The van der Waals surface area contributed by atoms with E-state index in [9.17, 15) is 5.11 Å². The normalized spacial score (nSPS) is 17.3. The average molecular weight is 285 g/mol. The zero-order valence-corrected chi connectivity index (χ0v) is 12.8. The SMILES string of the molecule is Cc1nn(-c2ccccc2)c(C)c1CN1CCC(O)CC1. The Morgan fingerprint density at radius 3 is 2.48 bits per heavy atom. The second-order valence-corrected chi connectivity index (χ2v) is 5.90. The lowest BCUT2D eigenvalue weighted by Gasteiger charge is -2.29. The van der Waals surface area contributed by atoms with E-state index in [2.05, 4.69) is 30.9 Å². The Morgan fingerprint density at radius 1 is 1.14 bits per heavy atom. The maximum atomic E-state index is 9.61.